The molecule has 0 N–H and O–H groups in total. The van der Waals surface area contributed by atoms with E-state index in [0.29, 0.717) is 0 Å². The molecule has 1 saturated heterocycles. The molecule has 1 fully saturated rings. The molecule has 1 aromatic carbocycles. The maximum absolute atomic E-state index is 5.70. The molecule has 0 saturated carbocycles. The molecule has 0 radical (unpaired) electrons. The second kappa shape index (κ2) is 7.38. The Kier molecular flexibility index (Phi) is 5.99. The van der Waals surface area contributed by atoms with Crippen molar-refractivity contribution in [2.45, 2.75) is 57.5 Å². The summed E-state index contributed by atoms with van der Waals surface area (Å²) < 4.78 is 8.65. The molecule has 2 rings (SSSR count). The van der Waals surface area contributed by atoms with Crippen molar-refractivity contribution >= 4 is 33.7 Å². The molecule has 122 valence electrons. The number of para-hydroxylation sites is 1. The average Bonchev–Trinajstić information content (AvgIpc) is 2.66. The van der Waals surface area contributed by atoms with Crippen molar-refractivity contribution in [2.24, 2.45) is 0 Å². The van der Waals surface area contributed by atoms with E-state index in [2.05, 4.69) is 30.4 Å². The van der Waals surface area contributed by atoms with Crippen molar-refractivity contribution in [3.8, 4) is 5.75 Å². The summed E-state index contributed by atoms with van der Waals surface area (Å²) in [6.07, 6.45) is 3.27. The Morgan fingerprint density at radius 3 is 2.23 bits per heavy atom. The number of nitrogens with zero attached hydrogens (tertiary/aromatic N) is 1. The fourth-order valence-electron chi connectivity index (χ4n) is 3.52. The second-order valence-electron chi connectivity index (χ2n) is 7.52. The predicted octanol–water partition coefficient (Wildman–Crippen LogP) is 5.29. The van der Waals surface area contributed by atoms with E-state index >= 15 is 0 Å². The van der Waals surface area contributed by atoms with Gasteiger partial charge in [0, 0.05) is 6.42 Å². The van der Waals surface area contributed by atoms with Crippen molar-refractivity contribution in [1.82, 2.24) is 4.23 Å². The first-order valence-electron chi connectivity index (χ1n) is 8.35. The quantitative estimate of drug-likeness (QED) is 0.392. The number of hydrogen-bond acceptors (Lipinski definition) is 3. The van der Waals surface area contributed by atoms with Crippen LogP contribution in [-0.2, 0) is 0 Å². The van der Waals surface area contributed by atoms with Crippen molar-refractivity contribution in [3.05, 3.63) is 30.3 Å². The summed E-state index contributed by atoms with van der Waals surface area (Å²) in [5.74, 6) is 0.856. The van der Waals surface area contributed by atoms with Crippen LogP contribution in [0.3, 0.4) is 0 Å². The summed E-state index contributed by atoms with van der Waals surface area (Å²) in [6, 6.07) is 12.8. The van der Waals surface area contributed by atoms with E-state index in [-0.39, 0.29) is 0 Å². The van der Waals surface area contributed by atoms with Gasteiger partial charge in [0.05, 0.1) is 0 Å². The van der Waals surface area contributed by atoms with Gasteiger partial charge in [-0.3, -0.25) is 0 Å². The van der Waals surface area contributed by atoms with Crippen LogP contribution in [0.25, 0.3) is 0 Å². The highest BCUT2D eigenvalue weighted by Crippen LogP contribution is 2.36. The van der Waals surface area contributed by atoms with E-state index < -0.39 is 16.5 Å². The zero-order valence-electron chi connectivity index (χ0n) is 14.4. The summed E-state index contributed by atoms with van der Waals surface area (Å²) in [4.78, 5) is 0. The Bertz CT molecular complexity index is 489. The first-order valence-corrected chi connectivity index (χ1v) is 15.1. The maximum atomic E-state index is 5.70. The molecule has 1 aliphatic heterocycles. The molecule has 0 atom stereocenters. The fourth-order valence-corrected chi connectivity index (χ4v) is 17.9. The van der Waals surface area contributed by atoms with Crippen LogP contribution in [0, 0.1) is 0 Å². The van der Waals surface area contributed by atoms with Gasteiger partial charge in [0.25, 0.3) is 0 Å². The van der Waals surface area contributed by atoms with Gasteiger partial charge in [-0.1, -0.05) is 44.4 Å². The van der Waals surface area contributed by atoms with E-state index in [9.17, 15) is 0 Å². The first kappa shape index (κ1) is 17.9. The Morgan fingerprint density at radius 2 is 1.64 bits per heavy atom. The zero-order valence-corrected chi connectivity index (χ0v) is 17.2. The van der Waals surface area contributed by atoms with Crippen LogP contribution in [0.5, 0.6) is 5.75 Å². The molecular formula is C17H29NOSSi2. The lowest BCUT2D eigenvalue weighted by Crippen LogP contribution is -2.55. The third kappa shape index (κ3) is 4.75. The number of unbranched alkanes of at least 4 members (excludes halogenated alkanes) is 1. The fraction of sp³-hybridized carbons (Fsp3) is 0.588. The molecular weight excluding hydrogens is 322 g/mol. The standard InChI is InChI=1S/C17H29NOSSi2/c1-21(2)14-15-22(3,4)18(21)13-9-8-12-17(20)19-16-10-6-5-7-11-16/h5-7,10-11H,8-9,12-15H2,1-4H3. The highest BCUT2D eigenvalue weighted by Gasteiger charge is 2.46. The normalized spacial score (nSPS) is 20.0. The molecule has 1 heterocycles. The van der Waals surface area contributed by atoms with E-state index in [4.69, 9.17) is 17.0 Å². The minimum atomic E-state index is -1.11. The lowest BCUT2D eigenvalue weighted by molar-refractivity contribution is 0.526. The predicted molar refractivity (Wildman–Crippen MR) is 105 cm³/mol. The van der Waals surface area contributed by atoms with Gasteiger partial charge < -0.3 is 8.97 Å². The van der Waals surface area contributed by atoms with Crippen LogP contribution in [-0.4, -0.2) is 32.3 Å². The third-order valence-corrected chi connectivity index (χ3v) is 15.5. The Labute approximate surface area is 143 Å². The molecule has 0 unspecified atom stereocenters. The third-order valence-electron chi connectivity index (χ3n) is 4.80. The van der Waals surface area contributed by atoms with Crippen LogP contribution >= 0.6 is 12.2 Å². The monoisotopic (exact) mass is 351 g/mol. The highest BCUT2D eigenvalue weighted by atomic mass is 32.1. The van der Waals surface area contributed by atoms with Gasteiger partial charge in [-0.15, -0.1) is 0 Å². The Morgan fingerprint density at radius 1 is 1.05 bits per heavy atom. The summed E-state index contributed by atoms with van der Waals surface area (Å²) in [5.41, 5.74) is 0. The Hall–Kier alpha value is -0.496. The Balaban J connectivity index is 1.72. The topological polar surface area (TPSA) is 12.5 Å². The maximum Gasteiger partial charge on any atom is 0.167 e. The number of ether oxygens (including phenoxy) is 1. The summed E-state index contributed by atoms with van der Waals surface area (Å²) >= 11 is 5.36. The van der Waals surface area contributed by atoms with Gasteiger partial charge >= 0.3 is 0 Å². The van der Waals surface area contributed by atoms with Gasteiger partial charge in [-0.05, 0) is 55.8 Å². The smallest absolute Gasteiger partial charge is 0.167 e. The van der Waals surface area contributed by atoms with Gasteiger partial charge in [0.15, 0.2) is 5.05 Å². The molecule has 1 aromatic rings. The average molecular weight is 352 g/mol. The van der Waals surface area contributed by atoms with Crippen LogP contribution < -0.4 is 4.74 Å². The lowest BCUT2D eigenvalue weighted by Gasteiger charge is -2.38. The largest absolute Gasteiger partial charge is 0.450 e. The van der Waals surface area contributed by atoms with Crippen molar-refractivity contribution in [3.63, 3.8) is 0 Å². The molecule has 1 aliphatic rings. The second-order valence-corrected chi connectivity index (χ2v) is 17.8. The number of rotatable bonds is 6. The molecule has 22 heavy (non-hydrogen) atoms. The van der Waals surface area contributed by atoms with Crippen LogP contribution in [0.1, 0.15) is 19.3 Å². The van der Waals surface area contributed by atoms with Gasteiger partial charge in [0.1, 0.15) is 22.2 Å². The molecule has 0 amide bonds. The number of hydrogen-bond donors (Lipinski definition) is 0. The van der Waals surface area contributed by atoms with E-state index in [0.717, 1.165) is 23.6 Å². The van der Waals surface area contributed by atoms with E-state index in [1.807, 2.05) is 30.3 Å². The van der Waals surface area contributed by atoms with Crippen molar-refractivity contribution in [2.75, 3.05) is 6.54 Å². The number of benzene rings is 1. The van der Waals surface area contributed by atoms with Crippen molar-refractivity contribution in [1.29, 1.82) is 0 Å². The van der Waals surface area contributed by atoms with E-state index in [1.165, 1.54) is 25.1 Å². The van der Waals surface area contributed by atoms with Gasteiger partial charge in [-0.25, -0.2) is 0 Å². The minimum Gasteiger partial charge on any atom is -0.450 e. The first-order chi connectivity index (χ1) is 10.3. The summed E-state index contributed by atoms with van der Waals surface area (Å²) in [5, 5.41) is 0.723. The molecule has 0 bridgehead atoms. The summed E-state index contributed by atoms with van der Waals surface area (Å²) in [6.45, 7) is 11.4. The highest BCUT2D eigenvalue weighted by molar-refractivity contribution is 7.80. The van der Waals surface area contributed by atoms with Gasteiger partial charge in [0.2, 0.25) is 0 Å². The molecule has 0 aliphatic carbocycles. The zero-order chi connectivity index (χ0) is 16.2. The van der Waals surface area contributed by atoms with E-state index in [1.54, 1.807) is 0 Å². The van der Waals surface area contributed by atoms with Crippen molar-refractivity contribution < 1.29 is 4.74 Å². The minimum absolute atomic E-state index is 0.723. The van der Waals surface area contributed by atoms with Crippen LogP contribution in [0.15, 0.2) is 30.3 Å². The van der Waals surface area contributed by atoms with Crippen LogP contribution in [0.4, 0.5) is 0 Å². The molecule has 0 aromatic heterocycles. The molecule has 2 nitrogen and oxygen atoms in total. The lowest BCUT2D eigenvalue weighted by atomic mass is 10.2. The number of thiocarbonyl (C=S) groups is 1. The SMILES string of the molecule is C[Si]1(C)CC[Si](C)(C)N1CCCCC(=S)Oc1ccccc1. The summed E-state index contributed by atoms with van der Waals surface area (Å²) in [7, 11) is -2.22. The molecule has 5 heteroatoms. The molecule has 0 spiro atoms. The van der Waals surface area contributed by atoms with Gasteiger partial charge in [-0.2, -0.15) is 0 Å². The van der Waals surface area contributed by atoms with Crippen LogP contribution in [0.2, 0.25) is 38.3 Å².